The first-order chi connectivity index (χ1) is 11.4. The van der Waals surface area contributed by atoms with Crippen molar-refractivity contribution in [2.75, 3.05) is 19.6 Å². The zero-order valence-corrected chi connectivity index (χ0v) is 15.4. The molecule has 1 N–H and O–H groups in total. The fourth-order valence-corrected chi connectivity index (χ4v) is 4.42. The molecular weight excluding hydrogens is 324 g/mol. The van der Waals surface area contributed by atoms with Gasteiger partial charge >= 0.3 is 0 Å². The van der Waals surface area contributed by atoms with E-state index >= 15 is 0 Å². The van der Waals surface area contributed by atoms with E-state index in [0.29, 0.717) is 37.4 Å². The number of rotatable bonds is 7. The number of benzene rings is 1. The van der Waals surface area contributed by atoms with Crippen molar-refractivity contribution >= 4 is 15.9 Å². The Bertz CT molecular complexity index is 633. The Kier molecular flexibility index (Phi) is 6.80. The van der Waals surface area contributed by atoms with Crippen molar-refractivity contribution in [2.45, 2.75) is 50.8 Å². The minimum atomic E-state index is -3.45. The van der Waals surface area contributed by atoms with Gasteiger partial charge in [0.25, 0.3) is 0 Å². The van der Waals surface area contributed by atoms with Crippen molar-refractivity contribution in [1.29, 1.82) is 0 Å². The third kappa shape index (κ3) is 4.80. The Labute approximate surface area is 145 Å². The fourth-order valence-electron chi connectivity index (χ4n) is 2.95. The van der Waals surface area contributed by atoms with Crippen LogP contribution in [0.1, 0.15) is 44.6 Å². The van der Waals surface area contributed by atoms with Crippen molar-refractivity contribution in [3.8, 4) is 0 Å². The van der Waals surface area contributed by atoms with E-state index in [1.54, 1.807) is 12.1 Å². The molecule has 0 atom stereocenters. The molecule has 0 aliphatic carbocycles. The van der Waals surface area contributed by atoms with Crippen LogP contribution in [0.15, 0.2) is 29.2 Å². The first-order valence-electron chi connectivity index (χ1n) is 8.79. The molecule has 1 heterocycles. The number of aryl methyl sites for hydroxylation is 1. The number of hydrogen-bond acceptors (Lipinski definition) is 3. The van der Waals surface area contributed by atoms with E-state index in [0.717, 1.165) is 24.8 Å². The summed E-state index contributed by atoms with van der Waals surface area (Å²) in [4.78, 5) is 12.5. The lowest BCUT2D eigenvalue weighted by Gasteiger charge is -2.30. The highest BCUT2D eigenvalue weighted by Gasteiger charge is 2.31. The second-order valence-electron chi connectivity index (χ2n) is 6.49. The molecule has 6 heteroatoms. The molecule has 1 aromatic carbocycles. The summed E-state index contributed by atoms with van der Waals surface area (Å²) in [5, 5.41) is 2.97. The van der Waals surface area contributed by atoms with Crippen LogP contribution in [0.2, 0.25) is 0 Å². The van der Waals surface area contributed by atoms with Crippen molar-refractivity contribution in [3.63, 3.8) is 0 Å². The SMILES string of the molecule is CCCCCNC(=O)C1CCN(S(=O)(=O)c2ccc(C)cc2)CC1. The van der Waals surface area contributed by atoms with Gasteiger partial charge in [-0.15, -0.1) is 0 Å². The van der Waals surface area contributed by atoms with Gasteiger partial charge in [-0.1, -0.05) is 37.5 Å². The molecule has 0 aromatic heterocycles. The summed E-state index contributed by atoms with van der Waals surface area (Å²) in [6.07, 6.45) is 4.43. The molecular formula is C18H28N2O3S. The first-order valence-corrected chi connectivity index (χ1v) is 10.2. The minimum Gasteiger partial charge on any atom is -0.356 e. The Morgan fingerprint density at radius 2 is 1.79 bits per heavy atom. The topological polar surface area (TPSA) is 66.5 Å². The number of nitrogens with one attached hydrogen (secondary N) is 1. The molecule has 0 spiro atoms. The van der Waals surface area contributed by atoms with Gasteiger partial charge in [0.2, 0.25) is 15.9 Å². The lowest BCUT2D eigenvalue weighted by Crippen LogP contribution is -2.43. The van der Waals surface area contributed by atoms with Gasteiger partial charge in [0.1, 0.15) is 0 Å². The monoisotopic (exact) mass is 352 g/mol. The van der Waals surface area contributed by atoms with Crippen LogP contribution >= 0.6 is 0 Å². The van der Waals surface area contributed by atoms with Crippen LogP contribution in [-0.2, 0) is 14.8 Å². The standard InChI is InChI=1S/C18H28N2O3S/c1-3-4-5-12-19-18(21)16-10-13-20(14-11-16)24(22,23)17-8-6-15(2)7-9-17/h6-9,16H,3-5,10-14H2,1-2H3,(H,19,21). The van der Waals surface area contributed by atoms with E-state index in [4.69, 9.17) is 0 Å². The van der Waals surface area contributed by atoms with Crippen LogP contribution in [0, 0.1) is 12.8 Å². The maximum atomic E-state index is 12.6. The van der Waals surface area contributed by atoms with Gasteiger partial charge in [-0.05, 0) is 38.3 Å². The molecule has 1 aromatic rings. The summed E-state index contributed by atoms with van der Waals surface area (Å²) in [6.45, 7) is 5.59. The van der Waals surface area contributed by atoms with Crippen LogP contribution in [-0.4, -0.2) is 38.3 Å². The number of carbonyl (C=O) groups is 1. The summed E-state index contributed by atoms with van der Waals surface area (Å²) in [7, 11) is -3.45. The normalized spacial score (nSPS) is 16.9. The van der Waals surface area contributed by atoms with Gasteiger partial charge in [-0.25, -0.2) is 8.42 Å². The number of sulfonamides is 1. The van der Waals surface area contributed by atoms with Gasteiger partial charge in [0, 0.05) is 25.6 Å². The van der Waals surface area contributed by atoms with Crippen LogP contribution in [0.4, 0.5) is 0 Å². The average Bonchev–Trinajstić information content (AvgIpc) is 2.59. The molecule has 5 nitrogen and oxygen atoms in total. The third-order valence-electron chi connectivity index (χ3n) is 4.56. The Balaban J connectivity index is 1.87. The number of carbonyl (C=O) groups excluding carboxylic acids is 1. The van der Waals surface area contributed by atoms with E-state index in [1.807, 2.05) is 19.1 Å². The quantitative estimate of drug-likeness (QED) is 0.767. The maximum Gasteiger partial charge on any atom is 0.243 e. The molecule has 0 bridgehead atoms. The van der Waals surface area contributed by atoms with Crippen molar-refractivity contribution in [3.05, 3.63) is 29.8 Å². The Morgan fingerprint density at radius 1 is 1.17 bits per heavy atom. The molecule has 24 heavy (non-hydrogen) atoms. The van der Waals surface area contributed by atoms with Crippen molar-refractivity contribution in [1.82, 2.24) is 9.62 Å². The smallest absolute Gasteiger partial charge is 0.243 e. The highest BCUT2D eigenvalue weighted by molar-refractivity contribution is 7.89. The summed E-state index contributed by atoms with van der Waals surface area (Å²) in [5.74, 6) is -0.00502. The number of amides is 1. The van der Waals surface area contributed by atoms with Crippen LogP contribution in [0.3, 0.4) is 0 Å². The summed E-state index contributed by atoms with van der Waals surface area (Å²) in [6, 6.07) is 6.92. The van der Waals surface area contributed by atoms with E-state index in [9.17, 15) is 13.2 Å². The van der Waals surface area contributed by atoms with Crippen molar-refractivity contribution in [2.24, 2.45) is 5.92 Å². The first kappa shape index (κ1) is 18.9. The Morgan fingerprint density at radius 3 is 2.38 bits per heavy atom. The van der Waals surface area contributed by atoms with E-state index in [1.165, 1.54) is 4.31 Å². The zero-order chi connectivity index (χ0) is 17.6. The van der Waals surface area contributed by atoms with Gasteiger partial charge < -0.3 is 5.32 Å². The summed E-state index contributed by atoms with van der Waals surface area (Å²) in [5.41, 5.74) is 1.03. The highest BCUT2D eigenvalue weighted by atomic mass is 32.2. The second-order valence-corrected chi connectivity index (χ2v) is 8.43. The molecule has 134 valence electrons. The molecule has 1 aliphatic heterocycles. The van der Waals surface area contributed by atoms with Crippen LogP contribution < -0.4 is 5.32 Å². The largest absolute Gasteiger partial charge is 0.356 e. The Hall–Kier alpha value is -1.40. The van der Waals surface area contributed by atoms with Gasteiger partial charge in [0.05, 0.1) is 4.90 Å². The molecule has 0 unspecified atom stereocenters. The number of nitrogens with zero attached hydrogens (tertiary/aromatic N) is 1. The molecule has 2 rings (SSSR count). The van der Waals surface area contributed by atoms with E-state index in [2.05, 4.69) is 12.2 Å². The molecule has 0 radical (unpaired) electrons. The number of unbranched alkanes of at least 4 members (excludes halogenated alkanes) is 2. The summed E-state index contributed by atoms with van der Waals surface area (Å²) >= 11 is 0. The van der Waals surface area contributed by atoms with E-state index < -0.39 is 10.0 Å². The molecule has 1 aliphatic rings. The molecule has 1 amide bonds. The van der Waals surface area contributed by atoms with Crippen LogP contribution in [0.5, 0.6) is 0 Å². The lowest BCUT2D eigenvalue weighted by molar-refractivity contribution is -0.126. The fraction of sp³-hybridized carbons (Fsp3) is 0.611. The number of piperidine rings is 1. The third-order valence-corrected chi connectivity index (χ3v) is 6.48. The van der Waals surface area contributed by atoms with Gasteiger partial charge in [-0.3, -0.25) is 4.79 Å². The predicted octanol–water partition coefficient (Wildman–Crippen LogP) is 2.70. The minimum absolute atomic E-state index is 0.0680. The van der Waals surface area contributed by atoms with Crippen molar-refractivity contribution < 1.29 is 13.2 Å². The summed E-state index contributed by atoms with van der Waals surface area (Å²) < 4.78 is 26.8. The number of hydrogen-bond donors (Lipinski definition) is 1. The maximum absolute atomic E-state index is 12.6. The molecule has 1 fully saturated rings. The van der Waals surface area contributed by atoms with Gasteiger partial charge in [-0.2, -0.15) is 4.31 Å². The zero-order valence-electron chi connectivity index (χ0n) is 14.6. The highest BCUT2D eigenvalue weighted by Crippen LogP contribution is 2.24. The molecule has 1 saturated heterocycles. The predicted molar refractivity (Wildman–Crippen MR) is 95.2 cm³/mol. The lowest BCUT2D eigenvalue weighted by atomic mass is 9.97. The van der Waals surface area contributed by atoms with E-state index in [-0.39, 0.29) is 11.8 Å². The van der Waals surface area contributed by atoms with Gasteiger partial charge in [0.15, 0.2) is 0 Å². The average molecular weight is 353 g/mol. The van der Waals surface area contributed by atoms with Crippen LogP contribution in [0.25, 0.3) is 0 Å². The second kappa shape index (κ2) is 8.62. The molecule has 0 saturated carbocycles.